The van der Waals surface area contributed by atoms with E-state index in [-0.39, 0.29) is 18.3 Å². The zero-order chi connectivity index (χ0) is 28.7. The highest BCUT2D eigenvalue weighted by Crippen LogP contribution is 2.40. The summed E-state index contributed by atoms with van der Waals surface area (Å²) in [5.74, 6) is 2.99. The number of hydrogen-bond acceptors (Lipinski definition) is 7. The standard InChI is InChI=1S/C27H38N2O4.C5H7N.ClH/c1-20(2)27(19-28,22-10-12-24(31-5)26(18-22)33-7)14-8-15-29(3)16-13-21-9-11-23(30-4)25(17-21)32-6;1-2-4-6-5-3-1;/h9-12,17-18,20H,8,13-16H2,1-7H3;1-4,6H,5H2;1H. The summed E-state index contributed by atoms with van der Waals surface area (Å²) in [6.07, 6.45) is 10.6. The van der Waals surface area contributed by atoms with Crippen LogP contribution in [0.3, 0.4) is 0 Å². The van der Waals surface area contributed by atoms with Crippen molar-refractivity contribution in [3.8, 4) is 29.1 Å². The largest absolute Gasteiger partial charge is 0.493 e. The number of ether oxygens (including phenoxy) is 4. The van der Waals surface area contributed by atoms with Gasteiger partial charge < -0.3 is 29.2 Å². The van der Waals surface area contributed by atoms with Gasteiger partial charge in [-0.1, -0.05) is 38.1 Å². The van der Waals surface area contributed by atoms with Gasteiger partial charge >= 0.3 is 0 Å². The minimum Gasteiger partial charge on any atom is -0.493 e. The van der Waals surface area contributed by atoms with E-state index in [2.05, 4.69) is 49.3 Å². The van der Waals surface area contributed by atoms with Crippen LogP contribution in [-0.4, -0.2) is 60.0 Å². The van der Waals surface area contributed by atoms with Crippen molar-refractivity contribution in [3.63, 3.8) is 0 Å². The molecule has 3 rings (SSSR count). The first kappa shape index (κ1) is 34.7. The minimum atomic E-state index is -0.580. The summed E-state index contributed by atoms with van der Waals surface area (Å²) in [6, 6.07) is 14.5. The van der Waals surface area contributed by atoms with E-state index in [1.54, 1.807) is 28.4 Å². The number of benzene rings is 2. The number of nitriles is 1. The molecule has 7 nitrogen and oxygen atoms in total. The number of allylic oxidation sites excluding steroid dienone is 2. The van der Waals surface area contributed by atoms with Gasteiger partial charge in [0, 0.05) is 13.1 Å². The lowest BCUT2D eigenvalue weighted by Crippen LogP contribution is -2.32. The number of halogens is 1. The lowest BCUT2D eigenvalue weighted by atomic mass is 9.69. The van der Waals surface area contributed by atoms with E-state index in [4.69, 9.17) is 18.9 Å². The van der Waals surface area contributed by atoms with Gasteiger partial charge in [0.05, 0.1) is 39.9 Å². The van der Waals surface area contributed by atoms with E-state index in [1.165, 1.54) is 5.56 Å². The fourth-order valence-electron chi connectivity index (χ4n) is 4.63. The molecule has 0 aromatic heterocycles. The molecule has 0 saturated heterocycles. The molecule has 0 amide bonds. The molecule has 0 saturated carbocycles. The summed E-state index contributed by atoms with van der Waals surface area (Å²) in [4.78, 5) is 2.31. The normalized spacial score (nSPS) is 13.2. The van der Waals surface area contributed by atoms with E-state index in [0.717, 1.165) is 56.0 Å². The number of nitrogens with one attached hydrogen (secondary N) is 1. The van der Waals surface area contributed by atoms with Gasteiger partial charge in [0.25, 0.3) is 0 Å². The van der Waals surface area contributed by atoms with Crippen molar-refractivity contribution in [2.75, 3.05) is 55.1 Å². The molecule has 40 heavy (non-hydrogen) atoms. The van der Waals surface area contributed by atoms with Crippen molar-refractivity contribution < 1.29 is 18.9 Å². The summed E-state index contributed by atoms with van der Waals surface area (Å²) < 4.78 is 21.6. The van der Waals surface area contributed by atoms with Crippen molar-refractivity contribution in [2.45, 2.75) is 38.5 Å². The molecule has 0 spiro atoms. The van der Waals surface area contributed by atoms with Gasteiger partial charge in [-0.3, -0.25) is 0 Å². The maximum atomic E-state index is 10.2. The Morgan fingerprint density at radius 2 is 1.52 bits per heavy atom. The van der Waals surface area contributed by atoms with Gasteiger partial charge in [0.1, 0.15) is 0 Å². The highest BCUT2D eigenvalue weighted by atomic mass is 35.5. The Kier molecular flexibility index (Phi) is 15.7. The van der Waals surface area contributed by atoms with Crippen LogP contribution in [0.5, 0.6) is 23.0 Å². The number of hydrogen-bond donors (Lipinski definition) is 1. The smallest absolute Gasteiger partial charge is 0.161 e. The Balaban J connectivity index is 0.00000101. The lowest BCUT2D eigenvalue weighted by molar-refractivity contribution is 0.292. The van der Waals surface area contributed by atoms with Crippen LogP contribution in [0.25, 0.3) is 0 Å². The second-order valence-corrected chi connectivity index (χ2v) is 9.85. The molecule has 2 aromatic carbocycles. The van der Waals surface area contributed by atoms with Crippen molar-refractivity contribution in [1.82, 2.24) is 10.2 Å². The molecule has 0 fully saturated rings. The summed E-state index contributed by atoms with van der Waals surface area (Å²) in [7, 11) is 8.67. The highest BCUT2D eigenvalue weighted by Gasteiger charge is 2.36. The third-order valence-electron chi connectivity index (χ3n) is 7.12. The molecule has 0 bridgehead atoms. The van der Waals surface area contributed by atoms with Crippen molar-refractivity contribution in [2.24, 2.45) is 5.92 Å². The number of rotatable bonds is 13. The van der Waals surface area contributed by atoms with Gasteiger partial charge in [-0.05, 0) is 86.4 Å². The summed E-state index contributed by atoms with van der Waals surface area (Å²) in [5.41, 5.74) is 1.60. The van der Waals surface area contributed by atoms with Crippen molar-refractivity contribution in [3.05, 3.63) is 72.0 Å². The Labute approximate surface area is 247 Å². The molecular formula is C32H46ClN3O4. The molecular weight excluding hydrogens is 526 g/mol. The fraction of sp³-hybridized carbons (Fsp3) is 0.469. The number of likely N-dealkylation sites (N-methyl/N-ethyl adjacent to an activating group) is 1. The number of nitrogens with zero attached hydrogens (tertiary/aromatic N) is 2. The fourth-order valence-corrected chi connectivity index (χ4v) is 4.63. The van der Waals surface area contributed by atoms with Crippen molar-refractivity contribution >= 4 is 12.4 Å². The van der Waals surface area contributed by atoms with Crippen LogP contribution in [0.2, 0.25) is 0 Å². The van der Waals surface area contributed by atoms with E-state index >= 15 is 0 Å². The third kappa shape index (κ3) is 9.69. The van der Waals surface area contributed by atoms with E-state index in [1.807, 2.05) is 48.7 Å². The maximum absolute atomic E-state index is 10.2. The Morgan fingerprint density at radius 3 is 2.00 bits per heavy atom. The molecule has 0 aliphatic carbocycles. The van der Waals surface area contributed by atoms with Crippen LogP contribution < -0.4 is 24.3 Å². The summed E-state index contributed by atoms with van der Waals surface area (Å²) in [5, 5.41) is 13.3. The zero-order valence-electron chi connectivity index (χ0n) is 25.0. The molecule has 8 heteroatoms. The Hall–Kier alpha value is -3.34. The summed E-state index contributed by atoms with van der Waals surface area (Å²) in [6.45, 7) is 7.04. The monoisotopic (exact) mass is 571 g/mol. The second-order valence-electron chi connectivity index (χ2n) is 9.85. The molecule has 220 valence electrons. The molecule has 1 N–H and O–H groups in total. The average molecular weight is 572 g/mol. The van der Waals surface area contributed by atoms with Crippen LogP contribution in [0.15, 0.2) is 60.8 Å². The molecule has 2 aromatic rings. The molecule has 1 heterocycles. The SMILES string of the molecule is C1=CCNC=C1.COc1ccc(CCN(C)CCCC(C#N)(c2ccc(OC)c(OC)c2)C(C)C)cc1OC.Cl. The number of methoxy groups -OCH3 is 4. The summed E-state index contributed by atoms with van der Waals surface area (Å²) >= 11 is 0. The van der Waals surface area contributed by atoms with Gasteiger partial charge in [0.2, 0.25) is 0 Å². The Morgan fingerprint density at radius 1 is 0.900 bits per heavy atom. The van der Waals surface area contributed by atoms with Crippen molar-refractivity contribution in [1.29, 1.82) is 5.26 Å². The van der Waals surface area contributed by atoms with Gasteiger partial charge in [-0.15, -0.1) is 12.4 Å². The molecule has 1 atom stereocenters. The van der Waals surface area contributed by atoms with Gasteiger partial charge in [0.15, 0.2) is 23.0 Å². The first-order valence-electron chi connectivity index (χ1n) is 13.4. The van der Waals surface area contributed by atoms with E-state index < -0.39 is 5.41 Å². The predicted molar refractivity (Wildman–Crippen MR) is 165 cm³/mol. The van der Waals surface area contributed by atoms with Crippen LogP contribution in [0, 0.1) is 17.2 Å². The maximum Gasteiger partial charge on any atom is 0.161 e. The molecule has 0 radical (unpaired) electrons. The van der Waals surface area contributed by atoms with E-state index in [0.29, 0.717) is 11.5 Å². The first-order chi connectivity index (χ1) is 18.8. The van der Waals surface area contributed by atoms with Crippen LogP contribution >= 0.6 is 12.4 Å². The third-order valence-corrected chi connectivity index (χ3v) is 7.12. The van der Waals surface area contributed by atoms with Gasteiger partial charge in [-0.25, -0.2) is 0 Å². The minimum absolute atomic E-state index is 0. The van der Waals surface area contributed by atoms with Gasteiger partial charge in [-0.2, -0.15) is 5.26 Å². The topological polar surface area (TPSA) is 76.0 Å². The first-order valence-corrected chi connectivity index (χ1v) is 13.4. The highest BCUT2D eigenvalue weighted by molar-refractivity contribution is 5.85. The van der Waals surface area contributed by atoms with Crippen LogP contribution in [0.1, 0.15) is 37.8 Å². The molecule has 1 aliphatic rings. The molecule has 1 unspecified atom stereocenters. The average Bonchev–Trinajstić information content (AvgIpc) is 2.98. The quantitative estimate of drug-likeness (QED) is 0.308. The number of dihydropyridines is 1. The van der Waals surface area contributed by atoms with E-state index in [9.17, 15) is 5.26 Å². The lowest BCUT2D eigenvalue weighted by Gasteiger charge is -2.32. The predicted octanol–water partition coefficient (Wildman–Crippen LogP) is 6.17. The van der Waals surface area contributed by atoms with Crippen LogP contribution in [-0.2, 0) is 11.8 Å². The van der Waals surface area contributed by atoms with Crippen LogP contribution in [0.4, 0.5) is 0 Å². The second kappa shape index (κ2) is 18.1. The zero-order valence-corrected chi connectivity index (χ0v) is 25.8. The molecule has 1 aliphatic heterocycles. The Bertz CT molecular complexity index is 1120.